The molecule has 5 rings (SSSR count). The summed E-state index contributed by atoms with van der Waals surface area (Å²) in [5.74, 6) is -0.243. The minimum absolute atomic E-state index is 0.212. The summed E-state index contributed by atoms with van der Waals surface area (Å²) < 4.78 is 32.5. The Kier molecular flexibility index (Phi) is 5.63. The molecule has 0 saturated carbocycles. The van der Waals surface area contributed by atoms with Gasteiger partial charge in [0.15, 0.2) is 0 Å². The van der Waals surface area contributed by atoms with Crippen LogP contribution in [0.5, 0.6) is 0 Å². The molecule has 1 aromatic heterocycles. The largest absolute Gasteiger partial charge is 0.334 e. The maximum atomic E-state index is 13.6. The third-order valence-corrected chi connectivity index (χ3v) is 5.74. The highest BCUT2D eigenvalue weighted by Crippen LogP contribution is 2.38. The number of nitrogens with zero attached hydrogens (tertiary/aromatic N) is 3. The van der Waals surface area contributed by atoms with Crippen molar-refractivity contribution in [2.45, 2.75) is 19.5 Å². The average molecular weight is 458 g/mol. The lowest BCUT2D eigenvalue weighted by Gasteiger charge is -2.35. The van der Waals surface area contributed by atoms with Gasteiger partial charge in [0, 0.05) is 11.3 Å². The third kappa shape index (κ3) is 4.17. The summed E-state index contributed by atoms with van der Waals surface area (Å²) in [7, 11) is 0. The number of carbonyl (C=O) groups is 1. The number of halogens is 2. The first-order chi connectivity index (χ1) is 16.5. The molecule has 0 bridgehead atoms. The topological polar surface area (TPSA) is 71.3 Å². The van der Waals surface area contributed by atoms with E-state index in [1.54, 1.807) is 29.2 Å². The SMILES string of the molecule is CC1=C(c2nc(-c3ccc(F)cc3)no2)C(c2ccc(F)cc2)NC(=O)N1Cc1ccccc1. The van der Waals surface area contributed by atoms with Gasteiger partial charge in [-0.05, 0) is 54.4 Å². The zero-order valence-corrected chi connectivity index (χ0v) is 18.2. The van der Waals surface area contributed by atoms with Crippen molar-refractivity contribution in [1.29, 1.82) is 0 Å². The highest BCUT2D eigenvalue weighted by Gasteiger charge is 2.35. The monoisotopic (exact) mass is 458 g/mol. The van der Waals surface area contributed by atoms with Crippen molar-refractivity contribution in [2.75, 3.05) is 0 Å². The van der Waals surface area contributed by atoms with E-state index >= 15 is 0 Å². The maximum Gasteiger partial charge on any atom is 0.322 e. The number of amides is 2. The lowest BCUT2D eigenvalue weighted by Crippen LogP contribution is -2.45. The van der Waals surface area contributed by atoms with Crippen molar-refractivity contribution in [3.8, 4) is 11.4 Å². The van der Waals surface area contributed by atoms with Crippen molar-refractivity contribution in [3.05, 3.63) is 113 Å². The molecule has 1 unspecified atom stereocenters. The molecular formula is C26H20F2N4O2. The molecular weight excluding hydrogens is 438 g/mol. The summed E-state index contributed by atoms with van der Waals surface area (Å²) in [6.45, 7) is 2.16. The zero-order valence-electron chi connectivity index (χ0n) is 18.2. The summed E-state index contributed by atoms with van der Waals surface area (Å²) in [6, 6.07) is 20.3. The first-order valence-electron chi connectivity index (χ1n) is 10.7. The van der Waals surface area contributed by atoms with E-state index in [0.717, 1.165) is 5.56 Å². The van der Waals surface area contributed by atoms with Gasteiger partial charge in [0.2, 0.25) is 5.82 Å². The van der Waals surface area contributed by atoms with Crippen LogP contribution >= 0.6 is 0 Å². The number of aromatic nitrogens is 2. The lowest BCUT2D eigenvalue weighted by molar-refractivity contribution is 0.203. The van der Waals surface area contributed by atoms with Crippen molar-refractivity contribution >= 4 is 11.6 Å². The molecule has 2 heterocycles. The Morgan fingerprint density at radius 2 is 1.59 bits per heavy atom. The molecule has 0 aliphatic carbocycles. The predicted octanol–water partition coefficient (Wildman–Crippen LogP) is 5.71. The molecule has 2 amide bonds. The van der Waals surface area contributed by atoms with Crippen LogP contribution in [0.1, 0.15) is 30.0 Å². The Balaban J connectivity index is 1.59. The molecule has 34 heavy (non-hydrogen) atoms. The number of nitrogens with one attached hydrogen (secondary N) is 1. The molecule has 0 radical (unpaired) electrons. The molecule has 1 aliphatic rings. The maximum absolute atomic E-state index is 13.6. The second-order valence-corrected chi connectivity index (χ2v) is 7.93. The Morgan fingerprint density at radius 1 is 0.941 bits per heavy atom. The van der Waals surface area contributed by atoms with Gasteiger partial charge < -0.3 is 9.84 Å². The van der Waals surface area contributed by atoms with Gasteiger partial charge in [-0.3, -0.25) is 4.90 Å². The van der Waals surface area contributed by atoms with Crippen LogP contribution in [-0.2, 0) is 6.54 Å². The van der Waals surface area contributed by atoms with Crippen LogP contribution in [0, 0.1) is 11.6 Å². The number of urea groups is 1. The van der Waals surface area contributed by atoms with Crippen LogP contribution in [0.2, 0.25) is 0 Å². The number of carbonyl (C=O) groups excluding carboxylic acids is 1. The van der Waals surface area contributed by atoms with Crippen LogP contribution in [0.15, 0.2) is 89.1 Å². The summed E-state index contributed by atoms with van der Waals surface area (Å²) >= 11 is 0. The van der Waals surface area contributed by atoms with Crippen LogP contribution in [0.3, 0.4) is 0 Å². The lowest BCUT2D eigenvalue weighted by atomic mass is 9.94. The number of hydrogen-bond acceptors (Lipinski definition) is 4. The highest BCUT2D eigenvalue weighted by atomic mass is 19.1. The standard InChI is InChI=1S/C26H20F2N4O2/c1-16-22(25-30-24(31-34-25)19-9-13-21(28)14-10-19)23(18-7-11-20(27)12-8-18)29-26(33)32(16)15-17-5-3-2-4-6-17/h2-14,23H,15H2,1H3,(H,29,33). The molecule has 6 nitrogen and oxygen atoms in total. The van der Waals surface area contributed by atoms with Gasteiger partial charge in [0.05, 0.1) is 18.2 Å². The molecule has 1 N–H and O–H groups in total. The van der Waals surface area contributed by atoms with Crippen molar-refractivity contribution in [2.24, 2.45) is 0 Å². The number of allylic oxidation sites excluding steroid dienone is 1. The Hall–Kier alpha value is -4.33. The van der Waals surface area contributed by atoms with Crippen molar-refractivity contribution < 1.29 is 18.1 Å². The number of benzene rings is 3. The van der Waals surface area contributed by atoms with Gasteiger partial charge in [-0.25, -0.2) is 13.6 Å². The van der Waals surface area contributed by atoms with E-state index in [4.69, 9.17) is 4.52 Å². The fourth-order valence-electron chi connectivity index (χ4n) is 3.97. The quantitative estimate of drug-likeness (QED) is 0.416. The first kappa shape index (κ1) is 21.5. The fraction of sp³-hybridized carbons (Fsp3) is 0.115. The normalized spacial score (nSPS) is 16.0. The van der Waals surface area contributed by atoms with Gasteiger partial charge in [-0.15, -0.1) is 0 Å². The van der Waals surface area contributed by atoms with Crippen LogP contribution < -0.4 is 5.32 Å². The molecule has 0 saturated heterocycles. The summed E-state index contributed by atoms with van der Waals surface area (Å²) in [5, 5.41) is 7.05. The van der Waals surface area contributed by atoms with Gasteiger partial charge in [0.1, 0.15) is 11.6 Å². The second kappa shape index (κ2) is 8.90. The van der Waals surface area contributed by atoms with Gasteiger partial charge >= 0.3 is 6.03 Å². The highest BCUT2D eigenvalue weighted by molar-refractivity contribution is 5.86. The Bertz CT molecular complexity index is 1350. The fourth-order valence-corrected chi connectivity index (χ4v) is 3.97. The van der Waals surface area contributed by atoms with E-state index in [0.29, 0.717) is 34.8 Å². The predicted molar refractivity (Wildman–Crippen MR) is 122 cm³/mol. The minimum Gasteiger partial charge on any atom is -0.334 e. The van der Waals surface area contributed by atoms with Gasteiger partial charge in [0.25, 0.3) is 5.89 Å². The van der Waals surface area contributed by atoms with E-state index < -0.39 is 6.04 Å². The first-order valence-corrected chi connectivity index (χ1v) is 10.7. The number of rotatable bonds is 5. The van der Waals surface area contributed by atoms with E-state index in [-0.39, 0.29) is 23.6 Å². The van der Waals surface area contributed by atoms with Crippen LogP contribution in [-0.4, -0.2) is 21.1 Å². The summed E-state index contributed by atoms with van der Waals surface area (Å²) in [6.07, 6.45) is 0. The summed E-state index contributed by atoms with van der Waals surface area (Å²) in [5.41, 5.74) is 3.45. The average Bonchev–Trinajstić information content (AvgIpc) is 3.33. The molecule has 4 aromatic rings. The third-order valence-electron chi connectivity index (χ3n) is 5.74. The van der Waals surface area contributed by atoms with E-state index in [1.165, 1.54) is 24.3 Å². The minimum atomic E-state index is -0.623. The van der Waals surface area contributed by atoms with Crippen LogP contribution in [0.4, 0.5) is 13.6 Å². The molecule has 8 heteroatoms. The molecule has 1 atom stereocenters. The Labute approximate surface area is 194 Å². The van der Waals surface area contributed by atoms with E-state index in [2.05, 4.69) is 15.5 Å². The smallest absolute Gasteiger partial charge is 0.322 e. The molecule has 3 aromatic carbocycles. The molecule has 170 valence electrons. The summed E-state index contributed by atoms with van der Waals surface area (Å²) in [4.78, 5) is 19.2. The number of hydrogen-bond donors (Lipinski definition) is 1. The van der Waals surface area contributed by atoms with Crippen molar-refractivity contribution in [1.82, 2.24) is 20.4 Å². The Morgan fingerprint density at radius 3 is 2.26 bits per heavy atom. The van der Waals surface area contributed by atoms with E-state index in [9.17, 15) is 13.6 Å². The molecule has 1 aliphatic heterocycles. The van der Waals surface area contributed by atoms with Crippen LogP contribution in [0.25, 0.3) is 17.0 Å². The molecule has 0 spiro atoms. The van der Waals surface area contributed by atoms with Crippen molar-refractivity contribution in [3.63, 3.8) is 0 Å². The molecule has 0 fully saturated rings. The zero-order chi connectivity index (χ0) is 23.7. The second-order valence-electron chi connectivity index (χ2n) is 7.93. The van der Waals surface area contributed by atoms with Gasteiger partial charge in [-0.1, -0.05) is 47.6 Å². The van der Waals surface area contributed by atoms with Gasteiger partial charge in [-0.2, -0.15) is 4.98 Å². The van der Waals surface area contributed by atoms with E-state index in [1.807, 2.05) is 37.3 Å².